The zero-order chi connectivity index (χ0) is 18.8. The van der Waals surface area contributed by atoms with Gasteiger partial charge in [0, 0.05) is 4.90 Å². The largest absolute Gasteiger partial charge is 0.768 e. The van der Waals surface area contributed by atoms with E-state index in [2.05, 4.69) is 10.2 Å². The number of benzene rings is 1. The fraction of sp³-hybridized carbons (Fsp3) is 0.294. The minimum atomic E-state index is -2.38. The van der Waals surface area contributed by atoms with Gasteiger partial charge in [-0.2, -0.15) is 10.4 Å². The van der Waals surface area contributed by atoms with Crippen molar-refractivity contribution in [2.75, 3.05) is 0 Å². The summed E-state index contributed by atoms with van der Waals surface area (Å²) in [5, 5.41) is 28.1. The first-order valence-corrected chi connectivity index (χ1v) is 9.66. The van der Waals surface area contributed by atoms with Crippen molar-refractivity contribution in [3.05, 3.63) is 45.8 Å². The number of fused-ring (bicyclic) bond motifs is 1. The van der Waals surface area contributed by atoms with Crippen molar-refractivity contribution >= 4 is 33.2 Å². The van der Waals surface area contributed by atoms with Crippen LogP contribution in [-0.2, 0) is 11.1 Å². The van der Waals surface area contributed by atoms with Crippen LogP contribution in [0.15, 0.2) is 39.4 Å². The van der Waals surface area contributed by atoms with E-state index in [0.717, 1.165) is 11.3 Å². The van der Waals surface area contributed by atoms with Crippen LogP contribution in [0.1, 0.15) is 58.3 Å². The predicted molar refractivity (Wildman–Crippen MR) is 94.1 cm³/mol. The van der Waals surface area contributed by atoms with Gasteiger partial charge in [-0.05, 0) is 60.2 Å². The molecule has 1 aromatic carbocycles. The molecule has 0 fully saturated rings. The van der Waals surface area contributed by atoms with Crippen molar-refractivity contribution in [3.8, 4) is 6.07 Å². The normalized spacial score (nSPS) is 20.5. The smallest absolute Gasteiger partial charge is 0.169 e. The van der Waals surface area contributed by atoms with Gasteiger partial charge in [-0.15, -0.1) is 16.5 Å². The van der Waals surface area contributed by atoms with Crippen LogP contribution >= 0.6 is 11.3 Å². The fourth-order valence-electron chi connectivity index (χ4n) is 2.83. The summed E-state index contributed by atoms with van der Waals surface area (Å²) in [4.78, 5) is 12.0. The maximum absolute atomic E-state index is 11.5. The van der Waals surface area contributed by atoms with Crippen LogP contribution in [-0.4, -0.2) is 19.7 Å². The lowest BCUT2D eigenvalue weighted by Crippen LogP contribution is -2.13. The summed E-state index contributed by atoms with van der Waals surface area (Å²) in [6.45, 7) is 1.41. The molecule has 1 N–H and O–H groups in total. The summed E-state index contributed by atoms with van der Waals surface area (Å²) < 4.78 is 22.4. The molecule has 0 saturated carbocycles. The molecule has 1 aromatic heterocycles. The zero-order valence-corrected chi connectivity index (χ0v) is 15.3. The topological polar surface area (TPSA) is 126 Å². The van der Waals surface area contributed by atoms with E-state index in [0.29, 0.717) is 33.8 Å². The molecule has 1 aliphatic rings. The van der Waals surface area contributed by atoms with Crippen LogP contribution in [0.3, 0.4) is 0 Å². The third kappa shape index (κ3) is 3.64. The van der Waals surface area contributed by atoms with Crippen LogP contribution < -0.4 is 0 Å². The maximum Gasteiger partial charge on any atom is 0.169 e. The third-order valence-corrected chi connectivity index (χ3v) is 5.91. The molecule has 3 unspecified atom stereocenters. The summed E-state index contributed by atoms with van der Waals surface area (Å²) in [5.74, 6) is -0.151. The second kappa shape index (κ2) is 7.55. The van der Waals surface area contributed by atoms with E-state index in [1.807, 2.05) is 6.07 Å². The Hall–Kier alpha value is -2.25. The number of carbonyl (C=O) groups is 1. The number of ketones is 1. The molecule has 2 aromatic rings. The molecule has 0 bridgehead atoms. The Morgan fingerprint density at radius 2 is 2.15 bits per heavy atom. The number of nitrogens with zero attached hydrogens (tertiary/aromatic N) is 3. The van der Waals surface area contributed by atoms with Crippen LogP contribution in [0.4, 0.5) is 5.00 Å². The molecule has 0 aliphatic heterocycles. The van der Waals surface area contributed by atoms with Crippen LogP contribution in [0.5, 0.6) is 0 Å². The highest BCUT2D eigenvalue weighted by Gasteiger charge is 2.26. The van der Waals surface area contributed by atoms with Crippen molar-refractivity contribution in [1.29, 1.82) is 5.26 Å². The third-order valence-electron chi connectivity index (χ3n) is 4.15. The van der Waals surface area contributed by atoms with E-state index in [-0.39, 0.29) is 16.2 Å². The Balaban J connectivity index is 1.97. The van der Waals surface area contributed by atoms with Gasteiger partial charge in [0.2, 0.25) is 0 Å². The Labute approximate surface area is 156 Å². The quantitative estimate of drug-likeness (QED) is 0.485. The summed E-state index contributed by atoms with van der Waals surface area (Å²) >= 11 is -1.29. The molecule has 26 heavy (non-hydrogen) atoms. The van der Waals surface area contributed by atoms with Crippen molar-refractivity contribution in [2.24, 2.45) is 10.2 Å². The van der Waals surface area contributed by atoms with Crippen molar-refractivity contribution in [1.82, 2.24) is 0 Å². The summed E-state index contributed by atoms with van der Waals surface area (Å²) in [6, 6.07) is 7.57. The molecule has 1 heterocycles. The Morgan fingerprint density at radius 3 is 2.81 bits per heavy atom. The molecule has 0 amide bonds. The minimum absolute atomic E-state index is 0.116. The van der Waals surface area contributed by atoms with E-state index in [9.17, 15) is 23.9 Å². The SMILES string of the molecule is CC(=O)c1cc(C#N)c(N=NC2CCC(O)c3ccc(S(=O)[O-])cc32)s1. The van der Waals surface area contributed by atoms with Gasteiger partial charge >= 0.3 is 0 Å². The highest BCUT2D eigenvalue weighted by molar-refractivity contribution is 7.79. The van der Waals surface area contributed by atoms with Gasteiger partial charge in [0.25, 0.3) is 0 Å². The second-order valence-corrected chi connectivity index (χ2v) is 7.82. The summed E-state index contributed by atoms with van der Waals surface area (Å²) in [5.41, 5.74) is 1.51. The van der Waals surface area contributed by atoms with E-state index in [1.165, 1.54) is 25.1 Å². The van der Waals surface area contributed by atoms with Gasteiger partial charge in [-0.1, -0.05) is 6.07 Å². The first-order valence-electron chi connectivity index (χ1n) is 7.77. The number of hydrogen-bond acceptors (Lipinski definition) is 8. The number of thiophene rings is 1. The average Bonchev–Trinajstić information content (AvgIpc) is 3.04. The number of hydrogen-bond donors (Lipinski definition) is 1. The molecular formula is C17H14N3O4S2-. The highest BCUT2D eigenvalue weighted by Crippen LogP contribution is 2.40. The van der Waals surface area contributed by atoms with Gasteiger partial charge in [0.1, 0.15) is 6.07 Å². The molecule has 3 atom stereocenters. The number of carbonyl (C=O) groups excluding carboxylic acids is 1. The van der Waals surface area contributed by atoms with Crippen LogP contribution in [0.2, 0.25) is 0 Å². The number of azo groups is 1. The molecule has 0 saturated heterocycles. The van der Waals surface area contributed by atoms with Gasteiger partial charge in [-0.25, -0.2) is 0 Å². The Bertz CT molecular complexity index is 961. The lowest BCUT2D eigenvalue weighted by atomic mass is 9.86. The number of Topliss-reactive ketones (excluding diaryl/α,β-unsaturated/α-hetero) is 1. The number of aliphatic hydroxyl groups is 1. The molecule has 134 valence electrons. The standard InChI is InChI=1S/C17H15N3O4S2/c1-9(21)16-6-10(8-18)17(25-16)20-19-14-4-5-15(22)12-3-2-11(26(23)24)7-13(12)14/h2-3,6-7,14-15,22H,4-5H2,1H3,(H,23,24)/p-1. The molecule has 1 aliphatic carbocycles. The lowest BCUT2D eigenvalue weighted by Gasteiger charge is -2.26. The Morgan fingerprint density at radius 1 is 1.38 bits per heavy atom. The van der Waals surface area contributed by atoms with Crippen molar-refractivity contribution < 1.29 is 18.7 Å². The molecule has 0 spiro atoms. The van der Waals surface area contributed by atoms with Gasteiger partial charge in [0.15, 0.2) is 10.8 Å². The zero-order valence-electron chi connectivity index (χ0n) is 13.7. The van der Waals surface area contributed by atoms with E-state index in [4.69, 9.17) is 0 Å². The monoisotopic (exact) mass is 388 g/mol. The van der Waals surface area contributed by atoms with Gasteiger partial charge in [-0.3, -0.25) is 9.00 Å². The van der Waals surface area contributed by atoms with Gasteiger partial charge < -0.3 is 9.66 Å². The van der Waals surface area contributed by atoms with Crippen molar-refractivity contribution in [2.45, 2.75) is 36.8 Å². The summed E-state index contributed by atoms with van der Waals surface area (Å²) in [7, 11) is 0. The van der Waals surface area contributed by atoms with E-state index < -0.39 is 23.2 Å². The molecule has 0 radical (unpaired) electrons. The molecular weight excluding hydrogens is 374 g/mol. The predicted octanol–water partition coefficient (Wildman–Crippen LogP) is 3.71. The number of nitriles is 1. The lowest BCUT2D eigenvalue weighted by molar-refractivity contribution is 0.102. The minimum Gasteiger partial charge on any atom is -0.768 e. The number of aliphatic hydroxyl groups excluding tert-OH is 1. The first kappa shape index (κ1) is 18.5. The van der Waals surface area contributed by atoms with E-state index >= 15 is 0 Å². The number of rotatable bonds is 4. The Kier molecular flexibility index (Phi) is 5.38. The molecule has 3 rings (SSSR count). The van der Waals surface area contributed by atoms with Crippen LogP contribution in [0, 0.1) is 11.3 Å². The van der Waals surface area contributed by atoms with E-state index in [1.54, 1.807) is 6.07 Å². The molecule has 7 nitrogen and oxygen atoms in total. The average molecular weight is 388 g/mol. The van der Waals surface area contributed by atoms with Crippen molar-refractivity contribution in [3.63, 3.8) is 0 Å². The molecule has 9 heteroatoms. The van der Waals surface area contributed by atoms with Crippen LogP contribution in [0.25, 0.3) is 0 Å². The highest BCUT2D eigenvalue weighted by atomic mass is 32.2. The maximum atomic E-state index is 11.5. The van der Waals surface area contributed by atoms with Gasteiger partial charge in [0.05, 0.1) is 22.6 Å². The fourth-order valence-corrected chi connectivity index (χ4v) is 4.06. The first-order chi connectivity index (χ1) is 12.4. The second-order valence-electron chi connectivity index (χ2n) is 5.85. The summed E-state index contributed by atoms with van der Waals surface area (Å²) in [6.07, 6.45) is 0.302.